The Kier molecular flexibility index (Phi) is 4.55. The SMILES string of the molecule is COc1cc2nc(Cl)c(-c3ccc(N)nc3F)n2cc1S(=O)(=O)C(C)(C)C. The number of pyridine rings is 2. The maximum atomic E-state index is 14.4. The number of imidazole rings is 1. The van der Waals surface area contributed by atoms with Crippen molar-refractivity contribution in [3.63, 3.8) is 0 Å². The summed E-state index contributed by atoms with van der Waals surface area (Å²) in [6.07, 6.45) is 1.33. The lowest BCUT2D eigenvalue weighted by atomic mass is 10.2. The standard InChI is InChI=1S/C17H18ClFN4O3S/c1-17(2,3)27(24,25)11-8-23-13(7-10(11)26-4)22-15(18)14(23)9-5-6-12(20)21-16(9)19/h5-8H,1-4H3,(H2,20,21). The highest BCUT2D eigenvalue weighted by molar-refractivity contribution is 7.92. The largest absolute Gasteiger partial charge is 0.495 e. The van der Waals surface area contributed by atoms with Crippen molar-refractivity contribution >= 4 is 32.9 Å². The molecule has 2 N–H and O–H groups in total. The third-order valence-corrected chi connectivity index (χ3v) is 6.85. The summed E-state index contributed by atoms with van der Waals surface area (Å²) in [5.41, 5.74) is 6.02. The van der Waals surface area contributed by atoms with Gasteiger partial charge in [0.1, 0.15) is 22.1 Å². The molecule has 0 spiro atoms. The minimum absolute atomic E-state index is 0.00664. The fourth-order valence-electron chi connectivity index (χ4n) is 2.58. The van der Waals surface area contributed by atoms with Crippen LogP contribution in [0.5, 0.6) is 5.75 Å². The number of sulfone groups is 1. The maximum Gasteiger partial charge on any atom is 0.224 e. The summed E-state index contributed by atoms with van der Waals surface area (Å²) in [6.45, 7) is 4.74. The Balaban J connectivity index is 2.39. The normalized spacial score (nSPS) is 12.5. The highest BCUT2D eigenvalue weighted by atomic mass is 35.5. The van der Waals surface area contributed by atoms with Crippen LogP contribution in [0.25, 0.3) is 16.9 Å². The second-order valence-corrected chi connectivity index (χ2v) is 9.91. The zero-order chi connectivity index (χ0) is 20.1. The number of ether oxygens (including phenoxy) is 1. The second-order valence-electron chi connectivity index (χ2n) is 6.88. The number of nitrogens with two attached hydrogens (primary N) is 1. The van der Waals surface area contributed by atoms with Crippen LogP contribution in [0, 0.1) is 5.95 Å². The van der Waals surface area contributed by atoms with Crippen molar-refractivity contribution in [2.24, 2.45) is 0 Å². The van der Waals surface area contributed by atoms with Crippen LogP contribution in [0.4, 0.5) is 10.2 Å². The van der Waals surface area contributed by atoms with Crippen molar-refractivity contribution in [2.45, 2.75) is 30.4 Å². The first kappa shape index (κ1) is 19.4. The summed E-state index contributed by atoms with van der Waals surface area (Å²) < 4.78 is 45.9. The summed E-state index contributed by atoms with van der Waals surface area (Å²) in [5, 5.41) is -0.00664. The Morgan fingerprint density at radius 3 is 2.48 bits per heavy atom. The zero-order valence-electron chi connectivity index (χ0n) is 15.1. The van der Waals surface area contributed by atoms with E-state index in [0.717, 1.165) is 0 Å². The molecule has 3 aromatic rings. The van der Waals surface area contributed by atoms with E-state index in [4.69, 9.17) is 22.1 Å². The maximum absolute atomic E-state index is 14.4. The number of fused-ring (bicyclic) bond motifs is 1. The van der Waals surface area contributed by atoms with Gasteiger partial charge in [-0.25, -0.2) is 18.4 Å². The van der Waals surface area contributed by atoms with Gasteiger partial charge in [-0.2, -0.15) is 4.39 Å². The van der Waals surface area contributed by atoms with E-state index in [1.54, 1.807) is 20.8 Å². The summed E-state index contributed by atoms with van der Waals surface area (Å²) in [6, 6.07) is 4.27. The predicted molar refractivity (Wildman–Crippen MR) is 101 cm³/mol. The Labute approximate surface area is 160 Å². The molecule has 0 aliphatic carbocycles. The topological polar surface area (TPSA) is 99.6 Å². The van der Waals surface area contributed by atoms with Crippen LogP contribution in [-0.2, 0) is 9.84 Å². The highest BCUT2D eigenvalue weighted by Crippen LogP contribution is 2.37. The van der Waals surface area contributed by atoms with Gasteiger partial charge in [0.05, 0.1) is 23.1 Å². The number of methoxy groups -OCH3 is 1. The van der Waals surface area contributed by atoms with Crippen LogP contribution in [-0.4, -0.2) is 34.6 Å². The van der Waals surface area contributed by atoms with E-state index in [-0.39, 0.29) is 32.9 Å². The van der Waals surface area contributed by atoms with E-state index in [2.05, 4.69) is 9.97 Å². The van der Waals surface area contributed by atoms with Crippen molar-refractivity contribution in [3.8, 4) is 17.0 Å². The second kappa shape index (κ2) is 6.35. The van der Waals surface area contributed by atoms with Gasteiger partial charge in [-0.3, -0.25) is 4.40 Å². The van der Waals surface area contributed by atoms with Crippen LogP contribution in [0.1, 0.15) is 20.8 Å². The summed E-state index contributed by atoms with van der Waals surface area (Å²) in [4.78, 5) is 7.71. The Morgan fingerprint density at radius 1 is 1.26 bits per heavy atom. The number of nitrogens with zero attached hydrogens (tertiary/aromatic N) is 3. The Bertz CT molecular complexity index is 1150. The van der Waals surface area contributed by atoms with E-state index in [9.17, 15) is 12.8 Å². The van der Waals surface area contributed by atoms with Gasteiger partial charge in [0, 0.05) is 12.3 Å². The minimum Gasteiger partial charge on any atom is -0.495 e. The Hall–Kier alpha value is -2.39. The molecule has 144 valence electrons. The van der Waals surface area contributed by atoms with Gasteiger partial charge >= 0.3 is 0 Å². The number of rotatable bonds is 3. The van der Waals surface area contributed by atoms with Crippen LogP contribution >= 0.6 is 11.6 Å². The molecule has 0 aromatic carbocycles. The van der Waals surface area contributed by atoms with Gasteiger partial charge in [-0.05, 0) is 32.9 Å². The molecule has 0 saturated heterocycles. The molecular weight excluding hydrogens is 395 g/mol. The van der Waals surface area contributed by atoms with Crippen LogP contribution in [0.2, 0.25) is 5.15 Å². The number of anilines is 1. The highest BCUT2D eigenvalue weighted by Gasteiger charge is 2.34. The number of hydrogen-bond donors (Lipinski definition) is 1. The summed E-state index contributed by atoms with van der Waals surface area (Å²) in [7, 11) is -2.40. The zero-order valence-corrected chi connectivity index (χ0v) is 16.7. The molecule has 0 aliphatic rings. The molecule has 0 aliphatic heterocycles. The van der Waals surface area contributed by atoms with Gasteiger partial charge in [0.2, 0.25) is 5.95 Å². The molecule has 3 heterocycles. The molecule has 0 fully saturated rings. The minimum atomic E-state index is -3.76. The van der Waals surface area contributed by atoms with Crippen LogP contribution in [0.15, 0.2) is 29.3 Å². The molecule has 3 rings (SSSR count). The lowest BCUT2D eigenvalue weighted by Gasteiger charge is -2.21. The molecule has 10 heteroatoms. The molecular formula is C17H18ClFN4O3S. The molecule has 3 aromatic heterocycles. The van der Waals surface area contributed by atoms with E-state index < -0.39 is 20.5 Å². The quantitative estimate of drug-likeness (QED) is 0.662. The summed E-state index contributed by atoms with van der Waals surface area (Å²) in [5.74, 6) is -0.699. The van der Waals surface area contributed by atoms with Crippen molar-refractivity contribution in [2.75, 3.05) is 12.8 Å². The number of halogens is 2. The average Bonchev–Trinajstić information content (AvgIpc) is 2.87. The average molecular weight is 413 g/mol. The van der Waals surface area contributed by atoms with E-state index >= 15 is 0 Å². The first-order valence-electron chi connectivity index (χ1n) is 7.90. The number of aromatic nitrogens is 3. The van der Waals surface area contributed by atoms with Gasteiger partial charge in [0.25, 0.3) is 0 Å². The fourth-order valence-corrected chi connectivity index (χ4v) is 4.17. The number of hydrogen-bond acceptors (Lipinski definition) is 6. The van der Waals surface area contributed by atoms with Crippen molar-refractivity contribution in [1.29, 1.82) is 0 Å². The third kappa shape index (κ3) is 3.10. The molecule has 0 atom stereocenters. The number of nitrogen functional groups attached to an aromatic ring is 1. The van der Waals surface area contributed by atoms with Gasteiger partial charge in [-0.15, -0.1) is 0 Å². The first-order chi connectivity index (χ1) is 12.5. The van der Waals surface area contributed by atoms with Crippen molar-refractivity contribution < 1.29 is 17.5 Å². The van der Waals surface area contributed by atoms with Gasteiger partial charge < -0.3 is 10.5 Å². The van der Waals surface area contributed by atoms with Gasteiger partial charge in [-0.1, -0.05) is 11.6 Å². The summed E-state index contributed by atoms with van der Waals surface area (Å²) >= 11 is 6.22. The molecule has 0 radical (unpaired) electrons. The predicted octanol–water partition coefficient (Wildman–Crippen LogP) is 3.35. The van der Waals surface area contributed by atoms with Crippen molar-refractivity contribution in [3.05, 3.63) is 35.5 Å². The molecule has 0 unspecified atom stereocenters. The van der Waals surface area contributed by atoms with E-state index in [1.807, 2.05) is 0 Å². The smallest absolute Gasteiger partial charge is 0.224 e. The monoisotopic (exact) mass is 412 g/mol. The molecule has 0 amide bonds. The molecule has 0 bridgehead atoms. The lowest BCUT2D eigenvalue weighted by molar-refractivity contribution is 0.401. The molecule has 0 saturated carbocycles. The fraction of sp³-hybridized carbons (Fsp3) is 0.294. The Morgan fingerprint density at radius 2 is 1.93 bits per heavy atom. The first-order valence-corrected chi connectivity index (χ1v) is 9.76. The van der Waals surface area contributed by atoms with E-state index in [1.165, 1.54) is 35.9 Å². The van der Waals surface area contributed by atoms with Crippen LogP contribution < -0.4 is 10.5 Å². The molecule has 27 heavy (non-hydrogen) atoms. The van der Waals surface area contributed by atoms with Gasteiger partial charge in [0.15, 0.2) is 15.0 Å². The van der Waals surface area contributed by atoms with Crippen LogP contribution in [0.3, 0.4) is 0 Å². The third-order valence-electron chi connectivity index (χ3n) is 4.09. The van der Waals surface area contributed by atoms with Crippen molar-refractivity contribution in [1.82, 2.24) is 14.4 Å². The van der Waals surface area contributed by atoms with E-state index in [0.29, 0.717) is 5.65 Å². The lowest BCUT2D eigenvalue weighted by Crippen LogP contribution is -2.28. The molecule has 7 nitrogen and oxygen atoms in total.